The van der Waals surface area contributed by atoms with E-state index in [9.17, 15) is 95.6 Å². The number of nitrogens with zero attached hydrogens (tertiary/aromatic N) is 12. The summed E-state index contributed by atoms with van der Waals surface area (Å²) in [6.07, 6.45) is 9.65. The number of hydrogen-bond acceptors (Lipinski definition) is 36. The highest BCUT2D eigenvalue weighted by Gasteiger charge is 2.36. The van der Waals surface area contributed by atoms with Gasteiger partial charge < -0.3 is 38.8 Å². The van der Waals surface area contributed by atoms with Crippen LogP contribution < -0.4 is 47.0 Å². The molecule has 1 aliphatic rings. The molecule has 6 heterocycles. The zero-order chi connectivity index (χ0) is 100. The normalized spacial score (nSPS) is 12.4. The number of halogens is 14. The van der Waals surface area contributed by atoms with E-state index in [1.165, 1.54) is 66.1 Å². The van der Waals surface area contributed by atoms with E-state index in [0.29, 0.717) is 88.7 Å². The number of aliphatic hydroxyl groups is 1. The molecule has 36 nitrogen and oxygen atoms in total. The van der Waals surface area contributed by atoms with Crippen molar-refractivity contribution in [1.29, 1.82) is 0 Å². The van der Waals surface area contributed by atoms with Crippen molar-refractivity contribution in [3.63, 3.8) is 0 Å². The standard InChI is InChI=1S/C19H17F2N3O6S2.C17H14BrF2N3O4S2.C11H15N.C10H7F2N3O4S2.C9H6ClF2N3O2S2.C9H7F2N3O3S2.Cl2OS/c1-28-12-5-4-11(16(6-12)29-2)9-24(19-22-10-23-31-19)32(26,27)17-8-14(20)13(7-15(17)21)18(25)30-3;1-26-11-4-3-10(15(5-11)27-2)8-23(17-21-9-22-28-17)29(24,25)16-7-13(19)12(18)6-14(16)20;1-2-6-10(7-3-1)11-8-4-5-9-12-11;1-19-9(16)5-2-7(12)8(3-6(5)11)21(17,18)15-10-13-4-14-20-10;10-3-5-1-7(12)8(2-6(5)11)19(16,17)15-9-13-4-14-18-9;10-6-2-8(7(11)1-5(6)3-15)19(16,17)14-9-12-4-13-18-9;1-4(2)3/h4-8,10H,9H2,1-3H3;3-7,9H,8H2,1-2H3;1-3,6-7,11-12H,4-5,8-9H2;2-4H,1H3,(H,13,14,15);1-2,4H,3H2,(H,13,14,15);1-2,4,15H,3H2,(H,12,13,14);. The average Bonchev–Trinajstić information content (AvgIpc) is 1.19. The lowest BCUT2D eigenvalue weighted by Crippen LogP contribution is -2.31. The van der Waals surface area contributed by atoms with Gasteiger partial charge in [-0.15, -0.1) is 11.6 Å². The van der Waals surface area contributed by atoms with Crippen molar-refractivity contribution in [3.05, 3.63) is 261 Å². The molecule has 61 heteroatoms. The molecular weight excluding hydrogens is 2170 g/mol. The average molecular weight is 2240 g/mol. The zero-order valence-electron chi connectivity index (χ0n) is 69.6. The molecule has 0 bridgehead atoms. The largest absolute Gasteiger partial charge is 0.497 e. The Kier molecular flexibility index (Phi) is 41.4. The molecule has 8 aromatic carbocycles. The molecule has 1 unspecified atom stereocenters. The van der Waals surface area contributed by atoms with Gasteiger partial charge in [0.1, 0.15) is 137 Å². The van der Waals surface area contributed by atoms with Gasteiger partial charge >= 0.3 is 11.9 Å². The zero-order valence-corrected chi connectivity index (χ0v) is 82.4. The van der Waals surface area contributed by atoms with Crippen LogP contribution >= 0.6 is 107 Å². The molecule has 0 amide bonds. The molecule has 1 fully saturated rings. The molecular formula is C75H66BrCl3F10N16O20S11. The van der Waals surface area contributed by atoms with E-state index < -0.39 is 172 Å². The molecule has 0 aliphatic carbocycles. The summed E-state index contributed by atoms with van der Waals surface area (Å²) in [4.78, 5) is 36.9. The lowest BCUT2D eigenvalue weighted by Gasteiger charge is -2.23. The SMILES string of the molecule is COC(=O)c1cc(F)c(S(=O)(=O)N(Cc2ccc(OC)cc2OC)c2ncns2)cc1F.COC(=O)c1cc(F)c(S(=O)(=O)Nc2ncns2)cc1F.COc1ccc(CN(c2ncns2)S(=O)(=O)c2cc(F)c(Br)cc2F)c(OC)c1.O=S(=O)(Nc1ncns1)c1cc(F)c(CCl)cc1F.O=S(=O)(Nc1ncns1)c1cc(F)c(CO)cc1F.O=S(Cl)Cl.c1ccc(C2CCCCN2)cc1. The van der Waals surface area contributed by atoms with Crippen molar-refractivity contribution in [2.75, 3.05) is 72.0 Å². The van der Waals surface area contributed by atoms with Crippen LogP contribution in [0.3, 0.4) is 0 Å². The lowest BCUT2D eigenvalue weighted by molar-refractivity contribution is 0.0585. The van der Waals surface area contributed by atoms with E-state index in [-0.39, 0.29) is 60.2 Å². The predicted molar refractivity (Wildman–Crippen MR) is 486 cm³/mol. The van der Waals surface area contributed by atoms with Crippen LogP contribution in [0.5, 0.6) is 23.0 Å². The minimum atomic E-state index is -4.68. The number of anilines is 5. The summed E-state index contributed by atoms with van der Waals surface area (Å²) in [5, 5.41) is 12.0. The van der Waals surface area contributed by atoms with Gasteiger partial charge in [0.2, 0.25) is 34.9 Å². The van der Waals surface area contributed by atoms with E-state index in [0.717, 1.165) is 118 Å². The third-order valence-electron chi connectivity index (χ3n) is 17.4. The quantitative estimate of drug-likeness (QED) is 0.00999. The Morgan fingerprint density at radius 1 is 0.456 bits per heavy atom. The second-order valence-electron chi connectivity index (χ2n) is 25.7. The predicted octanol–water partition coefficient (Wildman–Crippen LogP) is 15.4. The Balaban J connectivity index is 0.000000203. The molecule has 5 N–H and O–H groups in total. The first-order chi connectivity index (χ1) is 64.4. The molecule has 0 radical (unpaired) electrons. The Morgan fingerprint density at radius 2 is 0.816 bits per heavy atom. The van der Waals surface area contributed by atoms with Gasteiger partial charge in [0.25, 0.3) is 50.1 Å². The number of nitrogens with one attached hydrogen (secondary N) is 4. The fourth-order valence-electron chi connectivity index (χ4n) is 11.0. The van der Waals surface area contributed by atoms with Gasteiger partial charge in [-0.1, -0.05) is 36.8 Å². The summed E-state index contributed by atoms with van der Waals surface area (Å²) >= 11 is 12.0. The number of esters is 2. The molecule has 1 aliphatic heterocycles. The summed E-state index contributed by atoms with van der Waals surface area (Å²) in [7, 11) is -7.06. The molecule has 0 spiro atoms. The van der Waals surface area contributed by atoms with E-state index >= 15 is 0 Å². The first kappa shape index (κ1) is 110. The summed E-state index contributed by atoms with van der Waals surface area (Å²) in [5.41, 5.74) is 0.427. The number of carbonyl (C=O) groups excluding carboxylic acids is 2. The number of aromatic nitrogens is 10. The number of benzene rings is 8. The topological polar surface area (TPSA) is 481 Å². The van der Waals surface area contributed by atoms with Gasteiger partial charge in [-0.2, -0.15) is 21.9 Å². The van der Waals surface area contributed by atoms with Gasteiger partial charge in [0, 0.05) is 119 Å². The van der Waals surface area contributed by atoms with E-state index in [1.807, 2.05) is 14.2 Å². The highest BCUT2D eigenvalue weighted by atomic mass is 79.9. The molecule has 136 heavy (non-hydrogen) atoms. The van der Waals surface area contributed by atoms with Crippen LogP contribution in [-0.2, 0) is 94.4 Å². The maximum Gasteiger partial charge on any atom is 0.340 e. The molecule has 1 saturated heterocycles. The fraction of sp³-hybridized carbons (Fsp3) is 0.200. The molecule has 0 saturated carbocycles. The number of methoxy groups -OCH3 is 6. The highest BCUT2D eigenvalue weighted by Crippen LogP contribution is 2.38. The number of hydrogen-bond donors (Lipinski definition) is 5. The van der Waals surface area contributed by atoms with Crippen molar-refractivity contribution < 1.29 is 133 Å². The van der Waals surface area contributed by atoms with Gasteiger partial charge in [0.15, 0.2) is 0 Å². The third kappa shape index (κ3) is 30.1. The minimum Gasteiger partial charge on any atom is -0.497 e. The van der Waals surface area contributed by atoms with Crippen LogP contribution in [0.1, 0.15) is 73.8 Å². The first-order valence-corrected chi connectivity index (χ1v) is 52.1. The van der Waals surface area contributed by atoms with Gasteiger partial charge in [0.05, 0.1) is 83.8 Å². The van der Waals surface area contributed by atoms with Crippen LogP contribution in [0.4, 0.5) is 69.6 Å². The van der Waals surface area contributed by atoms with E-state index in [1.54, 1.807) is 36.4 Å². The van der Waals surface area contributed by atoms with Crippen LogP contribution in [0, 0.1) is 58.2 Å². The monoisotopic (exact) mass is 2240 g/mol. The van der Waals surface area contributed by atoms with Crippen molar-refractivity contribution >= 4 is 203 Å². The molecule has 13 aromatic rings. The van der Waals surface area contributed by atoms with Crippen molar-refractivity contribution in [2.24, 2.45) is 0 Å². The van der Waals surface area contributed by atoms with Crippen molar-refractivity contribution in [2.45, 2.75) is 75.4 Å². The van der Waals surface area contributed by atoms with Crippen molar-refractivity contribution in [1.82, 2.24) is 52.1 Å². The Bertz CT molecular complexity index is 6770. The third-order valence-corrected chi connectivity index (χ3v) is 29.5. The first-order valence-electron chi connectivity index (χ1n) is 36.8. The van der Waals surface area contributed by atoms with Gasteiger partial charge in [-0.05, 0) is 126 Å². The second kappa shape index (κ2) is 51.0. The summed E-state index contributed by atoms with van der Waals surface area (Å²) < 4.78 is 328. The minimum absolute atomic E-state index is 0.00871. The molecule has 730 valence electrons. The number of alkyl halides is 1. The summed E-state index contributed by atoms with van der Waals surface area (Å²) in [6, 6.07) is 26.5. The van der Waals surface area contributed by atoms with Crippen LogP contribution in [-0.4, -0.2) is 159 Å². The fourth-order valence-corrected chi connectivity index (χ4v) is 21.1. The van der Waals surface area contributed by atoms with Gasteiger partial charge in [-0.3, -0.25) is 14.2 Å². The van der Waals surface area contributed by atoms with E-state index in [2.05, 4.69) is 129 Å². The number of sulfonamides is 5. The van der Waals surface area contributed by atoms with Crippen LogP contribution in [0.15, 0.2) is 188 Å². The van der Waals surface area contributed by atoms with Gasteiger partial charge in [-0.25, -0.2) is 133 Å². The maximum atomic E-state index is 14.8. The highest BCUT2D eigenvalue weighted by molar-refractivity contribution is 9.10. The lowest BCUT2D eigenvalue weighted by atomic mass is 9.98. The second-order valence-corrected chi connectivity index (χ2v) is 41.8. The number of carbonyl (C=O) groups is 2. The van der Waals surface area contributed by atoms with Crippen LogP contribution in [0.25, 0.3) is 0 Å². The number of aliphatic hydroxyl groups excluding tert-OH is 1. The Morgan fingerprint density at radius 3 is 1.17 bits per heavy atom. The smallest absolute Gasteiger partial charge is 0.340 e. The number of piperidine rings is 1. The molecule has 1 atom stereocenters. The molecule has 14 rings (SSSR count). The summed E-state index contributed by atoms with van der Waals surface area (Å²) in [6.45, 7) is -0.126. The van der Waals surface area contributed by atoms with Crippen LogP contribution in [0.2, 0.25) is 0 Å². The summed E-state index contributed by atoms with van der Waals surface area (Å²) in [5.74, 6) is -12.1. The molecule has 5 aromatic heterocycles. The van der Waals surface area contributed by atoms with Crippen molar-refractivity contribution in [3.8, 4) is 23.0 Å². The number of rotatable bonds is 28. The van der Waals surface area contributed by atoms with E-state index in [4.69, 9.17) is 39.9 Å². The maximum absolute atomic E-state index is 14.8. The Labute approximate surface area is 813 Å². The number of ether oxygens (including phenoxy) is 6. The Hall–Kier alpha value is -10.8.